The Morgan fingerprint density at radius 2 is 2.18 bits per heavy atom. The molecule has 0 bridgehead atoms. The number of rotatable bonds is 2. The van der Waals surface area contributed by atoms with Gasteiger partial charge in [0.15, 0.2) is 0 Å². The molecule has 0 radical (unpaired) electrons. The first-order valence-corrected chi connectivity index (χ1v) is 10.3. The van der Waals surface area contributed by atoms with Crippen LogP contribution in [0.3, 0.4) is 0 Å². The van der Waals surface area contributed by atoms with Crippen molar-refractivity contribution < 1.29 is 24.2 Å². The lowest BCUT2D eigenvalue weighted by Crippen LogP contribution is -2.55. The van der Waals surface area contributed by atoms with E-state index in [0.717, 1.165) is 25.7 Å². The number of nitrogens with zero attached hydrogens (tertiary/aromatic N) is 1. The van der Waals surface area contributed by atoms with E-state index in [2.05, 4.69) is 5.32 Å². The lowest BCUT2D eigenvalue weighted by molar-refractivity contribution is -0.150. The fourth-order valence-corrected chi connectivity index (χ4v) is 4.22. The van der Waals surface area contributed by atoms with Crippen molar-refractivity contribution in [2.45, 2.75) is 75.6 Å². The maximum Gasteiger partial charge on any atom is 0.332 e. The summed E-state index contributed by atoms with van der Waals surface area (Å²) in [5.41, 5.74) is 4.99. The van der Waals surface area contributed by atoms with Crippen molar-refractivity contribution in [1.82, 2.24) is 10.2 Å². The number of aliphatic hydroxyl groups excluding tert-OH is 1. The Morgan fingerprint density at radius 1 is 1.39 bits per heavy atom. The minimum atomic E-state index is -1.08. The molecule has 8 heteroatoms. The molecule has 8 nitrogen and oxygen atoms in total. The van der Waals surface area contributed by atoms with Crippen molar-refractivity contribution >= 4 is 17.8 Å². The maximum absolute atomic E-state index is 13.0. The summed E-state index contributed by atoms with van der Waals surface area (Å²) < 4.78 is 5.20. The molecule has 156 valence electrons. The van der Waals surface area contributed by atoms with E-state index in [9.17, 15) is 19.5 Å². The van der Waals surface area contributed by atoms with Crippen LogP contribution in [0.2, 0.25) is 0 Å². The predicted molar refractivity (Wildman–Crippen MR) is 102 cm³/mol. The number of ether oxygens (including phenoxy) is 1. The number of nitrogens with one attached hydrogen (secondary N) is 1. The summed E-state index contributed by atoms with van der Waals surface area (Å²) in [6.45, 7) is 2.04. The van der Waals surface area contributed by atoms with Crippen molar-refractivity contribution in [1.29, 1.82) is 0 Å². The fourth-order valence-electron chi connectivity index (χ4n) is 4.22. The average Bonchev–Trinajstić information content (AvgIpc) is 3.21. The van der Waals surface area contributed by atoms with E-state index in [4.69, 9.17) is 10.5 Å². The van der Waals surface area contributed by atoms with Crippen LogP contribution in [0.5, 0.6) is 0 Å². The molecule has 2 amide bonds. The third-order valence-electron chi connectivity index (χ3n) is 5.94. The van der Waals surface area contributed by atoms with Gasteiger partial charge in [-0.05, 0) is 32.6 Å². The Kier molecular flexibility index (Phi) is 6.40. The smallest absolute Gasteiger partial charge is 0.332 e. The Balaban J connectivity index is 1.84. The van der Waals surface area contributed by atoms with Crippen molar-refractivity contribution in [3.8, 4) is 0 Å². The highest BCUT2D eigenvalue weighted by molar-refractivity contribution is 5.96. The molecule has 1 saturated heterocycles. The molecule has 3 rings (SSSR count). The molecule has 2 fully saturated rings. The highest BCUT2D eigenvalue weighted by Crippen LogP contribution is 2.46. The van der Waals surface area contributed by atoms with Crippen LogP contribution in [0.1, 0.15) is 51.9 Å². The summed E-state index contributed by atoms with van der Waals surface area (Å²) in [6, 6.07) is -1.51. The summed E-state index contributed by atoms with van der Waals surface area (Å²) in [4.78, 5) is 39.7. The van der Waals surface area contributed by atoms with E-state index in [0.29, 0.717) is 12.8 Å². The van der Waals surface area contributed by atoms with E-state index >= 15 is 0 Å². The summed E-state index contributed by atoms with van der Waals surface area (Å²) in [6.07, 6.45) is 8.09. The number of allylic oxidation sites excluding steroid dienone is 1. The van der Waals surface area contributed by atoms with Crippen LogP contribution < -0.4 is 11.1 Å². The van der Waals surface area contributed by atoms with Crippen LogP contribution in [-0.4, -0.2) is 64.7 Å². The number of aliphatic hydroxyl groups is 1. The third kappa shape index (κ3) is 4.22. The number of esters is 1. The monoisotopic (exact) mass is 393 g/mol. The molecule has 1 aliphatic carbocycles. The summed E-state index contributed by atoms with van der Waals surface area (Å²) in [5, 5.41) is 12.9. The summed E-state index contributed by atoms with van der Waals surface area (Å²) in [5.74, 6) is -1.31. The lowest BCUT2D eigenvalue weighted by atomic mass is 10.1. The van der Waals surface area contributed by atoms with Gasteiger partial charge in [0.05, 0.1) is 18.8 Å². The second-order valence-corrected chi connectivity index (χ2v) is 8.06. The normalized spacial score (nSPS) is 37.8. The number of carbonyl (C=O) groups is 3. The molecule has 5 atom stereocenters. The van der Waals surface area contributed by atoms with Crippen molar-refractivity contribution in [3.63, 3.8) is 0 Å². The van der Waals surface area contributed by atoms with Gasteiger partial charge in [0, 0.05) is 18.9 Å². The molecular formula is C20H31N3O5. The maximum atomic E-state index is 13.0. The van der Waals surface area contributed by atoms with Gasteiger partial charge in [-0.2, -0.15) is 0 Å². The highest BCUT2D eigenvalue weighted by atomic mass is 16.5. The number of fused-ring (bicyclic) bond motifs is 2. The van der Waals surface area contributed by atoms with Gasteiger partial charge >= 0.3 is 5.97 Å². The van der Waals surface area contributed by atoms with E-state index in [1.165, 1.54) is 4.90 Å². The third-order valence-corrected chi connectivity index (χ3v) is 5.94. The zero-order valence-corrected chi connectivity index (χ0v) is 16.4. The molecule has 2 aliphatic heterocycles. The Bertz CT molecular complexity index is 652. The van der Waals surface area contributed by atoms with Gasteiger partial charge in [-0.3, -0.25) is 9.59 Å². The Hall–Kier alpha value is -1.93. The van der Waals surface area contributed by atoms with Gasteiger partial charge in [0.2, 0.25) is 11.8 Å². The number of carbonyl (C=O) groups excluding carboxylic acids is 3. The quantitative estimate of drug-likeness (QED) is 0.456. The number of nitrogens with two attached hydrogens (primary N) is 1. The molecule has 28 heavy (non-hydrogen) atoms. The zero-order chi connectivity index (χ0) is 20.3. The molecule has 0 aromatic rings. The van der Waals surface area contributed by atoms with Crippen LogP contribution in [0, 0.1) is 5.92 Å². The number of hydrogen-bond donors (Lipinski definition) is 3. The molecular weight excluding hydrogens is 362 g/mol. The van der Waals surface area contributed by atoms with Crippen molar-refractivity contribution in [2.24, 2.45) is 11.7 Å². The first-order valence-electron chi connectivity index (χ1n) is 10.3. The predicted octanol–water partition coefficient (Wildman–Crippen LogP) is 0.234. The topological polar surface area (TPSA) is 122 Å². The number of hydrogen-bond acceptors (Lipinski definition) is 6. The molecule has 0 aromatic carbocycles. The van der Waals surface area contributed by atoms with Gasteiger partial charge < -0.3 is 25.8 Å². The standard InChI is InChI=1S/C20H31N3O5/c1-2-28-19(27)20-11-13(20)8-6-4-3-5-7-9-15(21)18(26)23-12-14(24)10-16(23)17(25)22-20/h6,8,13-16,24H,2-5,7,9-12,21H2,1H3,(H,22,25)/b8-6-/t13-,14-,15+,16+,20-/m1/s1. The van der Waals surface area contributed by atoms with Gasteiger partial charge in [-0.1, -0.05) is 25.0 Å². The van der Waals surface area contributed by atoms with Crippen LogP contribution in [0.15, 0.2) is 12.2 Å². The average molecular weight is 393 g/mol. The van der Waals surface area contributed by atoms with Crippen LogP contribution >= 0.6 is 0 Å². The SMILES string of the molecule is CCOC(=O)[C@@]12C[C@H]1/C=C\CCCCC[C@H](N)C(=O)N1C[C@H](O)C[C@H]1C(=O)N2. The van der Waals surface area contributed by atoms with Gasteiger partial charge in [0.1, 0.15) is 11.6 Å². The number of amides is 2. The van der Waals surface area contributed by atoms with E-state index in [-0.39, 0.29) is 31.4 Å². The van der Waals surface area contributed by atoms with Gasteiger partial charge in [0.25, 0.3) is 0 Å². The first kappa shape index (κ1) is 20.8. The highest BCUT2D eigenvalue weighted by Gasteiger charge is 2.62. The van der Waals surface area contributed by atoms with Crippen LogP contribution in [0.4, 0.5) is 0 Å². The van der Waals surface area contributed by atoms with E-state index in [1.807, 2.05) is 12.2 Å². The second kappa shape index (κ2) is 8.61. The van der Waals surface area contributed by atoms with Crippen molar-refractivity contribution in [3.05, 3.63) is 12.2 Å². The Morgan fingerprint density at radius 3 is 2.93 bits per heavy atom. The van der Waals surface area contributed by atoms with Gasteiger partial charge in [-0.15, -0.1) is 0 Å². The summed E-state index contributed by atoms with van der Waals surface area (Å²) in [7, 11) is 0. The molecule has 0 unspecified atom stereocenters. The molecule has 3 aliphatic rings. The van der Waals surface area contributed by atoms with Crippen LogP contribution in [-0.2, 0) is 19.1 Å². The molecule has 0 aromatic heterocycles. The molecule has 1 saturated carbocycles. The lowest BCUT2D eigenvalue weighted by Gasteiger charge is -2.28. The Labute approximate surface area is 165 Å². The minimum absolute atomic E-state index is 0.0837. The van der Waals surface area contributed by atoms with Gasteiger partial charge in [-0.25, -0.2) is 4.79 Å². The first-order chi connectivity index (χ1) is 13.4. The summed E-state index contributed by atoms with van der Waals surface area (Å²) >= 11 is 0. The second-order valence-electron chi connectivity index (χ2n) is 8.06. The van der Waals surface area contributed by atoms with E-state index in [1.54, 1.807) is 6.92 Å². The molecule has 4 N–H and O–H groups in total. The minimum Gasteiger partial charge on any atom is -0.464 e. The fraction of sp³-hybridized carbons (Fsp3) is 0.750. The van der Waals surface area contributed by atoms with E-state index < -0.39 is 35.6 Å². The molecule has 0 spiro atoms. The van der Waals surface area contributed by atoms with Crippen LogP contribution in [0.25, 0.3) is 0 Å². The molecule has 2 heterocycles. The largest absolute Gasteiger partial charge is 0.464 e. The van der Waals surface area contributed by atoms with Crippen molar-refractivity contribution in [2.75, 3.05) is 13.2 Å². The zero-order valence-electron chi connectivity index (χ0n) is 16.4.